The lowest BCUT2D eigenvalue weighted by Crippen LogP contribution is -2.21. The molecule has 102 valence electrons. The van der Waals surface area contributed by atoms with Crippen LogP contribution >= 0.6 is 0 Å². The van der Waals surface area contributed by atoms with Gasteiger partial charge in [-0.15, -0.1) is 0 Å². The largest absolute Gasteiger partial charge is 0.376 e. The predicted molar refractivity (Wildman–Crippen MR) is 72.9 cm³/mol. The van der Waals surface area contributed by atoms with E-state index in [1.165, 1.54) is 6.07 Å². The Bertz CT molecular complexity index is 364. The molecule has 0 heterocycles. The van der Waals surface area contributed by atoms with Crippen molar-refractivity contribution < 1.29 is 9.13 Å². The number of rotatable bonds is 7. The molecule has 0 aliphatic carbocycles. The standard InChI is InChI=1S/C15H24FNO/c1-11(2)9-18-10-14-7-13(5-6-15(14)16)8-17-12(3)4/h5-7,11-12,17H,8-10H2,1-4H3. The molecule has 0 unspecified atom stereocenters. The van der Waals surface area contributed by atoms with Crippen molar-refractivity contribution in [3.8, 4) is 0 Å². The fourth-order valence-electron chi connectivity index (χ4n) is 1.58. The highest BCUT2D eigenvalue weighted by Gasteiger charge is 2.05. The van der Waals surface area contributed by atoms with Crippen LogP contribution in [-0.4, -0.2) is 12.6 Å². The van der Waals surface area contributed by atoms with Gasteiger partial charge in [0.15, 0.2) is 0 Å². The van der Waals surface area contributed by atoms with Crippen LogP contribution in [0, 0.1) is 11.7 Å². The summed E-state index contributed by atoms with van der Waals surface area (Å²) in [6.07, 6.45) is 0. The molecular formula is C15H24FNO. The molecule has 0 saturated heterocycles. The Morgan fingerprint density at radius 2 is 1.94 bits per heavy atom. The van der Waals surface area contributed by atoms with Crippen molar-refractivity contribution in [2.24, 2.45) is 5.92 Å². The van der Waals surface area contributed by atoms with Crippen LogP contribution in [0.25, 0.3) is 0 Å². The second-order valence-corrected chi connectivity index (χ2v) is 5.37. The molecule has 1 rings (SSSR count). The molecule has 0 aromatic heterocycles. The molecule has 0 fully saturated rings. The Morgan fingerprint density at radius 1 is 1.22 bits per heavy atom. The Kier molecular flexibility index (Phi) is 6.30. The molecule has 0 spiro atoms. The minimum atomic E-state index is -0.188. The molecule has 0 aliphatic rings. The van der Waals surface area contributed by atoms with Crippen molar-refractivity contribution in [1.82, 2.24) is 5.32 Å². The number of halogens is 1. The van der Waals surface area contributed by atoms with Gasteiger partial charge in [-0.3, -0.25) is 0 Å². The van der Waals surface area contributed by atoms with Gasteiger partial charge in [-0.2, -0.15) is 0 Å². The van der Waals surface area contributed by atoms with E-state index in [4.69, 9.17) is 4.74 Å². The lowest BCUT2D eigenvalue weighted by atomic mass is 10.1. The third-order valence-electron chi connectivity index (χ3n) is 2.53. The van der Waals surface area contributed by atoms with Crippen molar-refractivity contribution in [2.75, 3.05) is 6.61 Å². The summed E-state index contributed by atoms with van der Waals surface area (Å²) < 4.78 is 19.1. The fraction of sp³-hybridized carbons (Fsp3) is 0.600. The topological polar surface area (TPSA) is 21.3 Å². The number of hydrogen-bond donors (Lipinski definition) is 1. The average molecular weight is 253 g/mol. The minimum absolute atomic E-state index is 0.188. The number of hydrogen-bond acceptors (Lipinski definition) is 2. The maximum atomic E-state index is 13.6. The van der Waals surface area contributed by atoms with Gasteiger partial charge >= 0.3 is 0 Å². The lowest BCUT2D eigenvalue weighted by Gasteiger charge is -2.11. The Hall–Kier alpha value is -0.930. The molecule has 0 aliphatic heterocycles. The first-order valence-corrected chi connectivity index (χ1v) is 6.57. The summed E-state index contributed by atoms with van der Waals surface area (Å²) in [5.41, 5.74) is 1.73. The molecule has 0 amide bonds. The summed E-state index contributed by atoms with van der Waals surface area (Å²) in [5, 5.41) is 3.32. The third-order valence-corrected chi connectivity index (χ3v) is 2.53. The van der Waals surface area contributed by atoms with Gasteiger partial charge in [0.2, 0.25) is 0 Å². The van der Waals surface area contributed by atoms with Crippen molar-refractivity contribution in [1.29, 1.82) is 0 Å². The van der Waals surface area contributed by atoms with Crippen LogP contribution in [0.2, 0.25) is 0 Å². The molecule has 0 saturated carbocycles. The maximum Gasteiger partial charge on any atom is 0.128 e. The summed E-state index contributed by atoms with van der Waals surface area (Å²) in [4.78, 5) is 0. The van der Waals surface area contributed by atoms with E-state index in [2.05, 4.69) is 33.0 Å². The number of benzene rings is 1. The highest BCUT2D eigenvalue weighted by Crippen LogP contribution is 2.12. The highest BCUT2D eigenvalue weighted by atomic mass is 19.1. The molecule has 3 heteroatoms. The van der Waals surface area contributed by atoms with Gasteiger partial charge in [-0.25, -0.2) is 4.39 Å². The van der Waals surface area contributed by atoms with Gasteiger partial charge in [0, 0.05) is 24.8 Å². The summed E-state index contributed by atoms with van der Waals surface area (Å²) in [7, 11) is 0. The highest BCUT2D eigenvalue weighted by molar-refractivity contribution is 5.24. The molecule has 1 aromatic rings. The quantitative estimate of drug-likeness (QED) is 0.803. The summed E-state index contributed by atoms with van der Waals surface area (Å²) in [6.45, 7) is 10.1. The summed E-state index contributed by atoms with van der Waals surface area (Å²) >= 11 is 0. The van der Waals surface area contributed by atoms with Crippen LogP contribution in [0.5, 0.6) is 0 Å². The normalized spacial score (nSPS) is 11.5. The second-order valence-electron chi connectivity index (χ2n) is 5.37. The van der Waals surface area contributed by atoms with Crippen molar-refractivity contribution in [3.63, 3.8) is 0 Å². The lowest BCUT2D eigenvalue weighted by molar-refractivity contribution is 0.0950. The first kappa shape index (κ1) is 15.1. The monoisotopic (exact) mass is 253 g/mol. The predicted octanol–water partition coefficient (Wildman–Crippen LogP) is 3.50. The van der Waals surface area contributed by atoms with E-state index < -0.39 is 0 Å². The van der Waals surface area contributed by atoms with Crippen molar-refractivity contribution >= 4 is 0 Å². The third kappa shape index (κ3) is 5.61. The van der Waals surface area contributed by atoms with Crippen molar-refractivity contribution in [3.05, 3.63) is 35.1 Å². The summed E-state index contributed by atoms with van der Waals surface area (Å²) in [6, 6.07) is 5.64. The Morgan fingerprint density at radius 3 is 2.56 bits per heavy atom. The zero-order valence-corrected chi connectivity index (χ0v) is 11.8. The second kappa shape index (κ2) is 7.49. The summed E-state index contributed by atoms with van der Waals surface area (Å²) in [5.74, 6) is 0.283. The zero-order valence-electron chi connectivity index (χ0n) is 11.8. The van der Waals surface area contributed by atoms with E-state index in [-0.39, 0.29) is 5.82 Å². The van der Waals surface area contributed by atoms with Crippen LogP contribution in [0.3, 0.4) is 0 Å². The van der Waals surface area contributed by atoms with Gasteiger partial charge in [0.05, 0.1) is 6.61 Å². The van der Waals surface area contributed by atoms with Gasteiger partial charge < -0.3 is 10.1 Å². The maximum absolute atomic E-state index is 13.6. The Labute approximate surface area is 110 Å². The van der Waals surface area contributed by atoms with E-state index in [1.807, 2.05) is 12.1 Å². The molecular weight excluding hydrogens is 229 g/mol. The first-order valence-electron chi connectivity index (χ1n) is 6.57. The smallest absolute Gasteiger partial charge is 0.128 e. The van der Waals surface area contributed by atoms with Gasteiger partial charge in [0.1, 0.15) is 5.82 Å². The average Bonchev–Trinajstić information content (AvgIpc) is 2.29. The van der Waals surface area contributed by atoms with E-state index in [0.717, 1.165) is 12.1 Å². The van der Waals surface area contributed by atoms with E-state index in [1.54, 1.807) is 0 Å². The molecule has 1 aromatic carbocycles. The van der Waals surface area contributed by atoms with Crippen LogP contribution in [0.1, 0.15) is 38.8 Å². The molecule has 0 atom stereocenters. The number of ether oxygens (including phenoxy) is 1. The van der Waals surface area contributed by atoms with Gasteiger partial charge in [-0.05, 0) is 23.6 Å². The molecule has 0 bridgehead atoms. The van der Waals surface area contributed by atoms with Crippen molar-refractivity contribution in [2.45, 2.75) is 46.9 Å². The van der Waals surface area contributed by atoms with Crippen LogP contribution in [-0.2, 0) is 17.9 Å². The SMILES string of the molecule is CC(C)COCc1cc(CNC(C)C)ccc1F. The van der Waals surface area contributed by atoms with E-state index in [9.17, 15) is 4.39 Å². The first-order chi connectivity index (χ1) is 8.49. The zero-order chi connectivity index (χ0) is 13.5. The fourth-order valence-corrected chi connectivity index (χ4v) is 1.58. The van der Waals surface area contributed by atoms with Gasteiger partial charge in [0.25, 0.3) is 0 Å². The van der Waals surface area contributed by atoms with Gasteiger partial charge in [-0.1, -0.05) is 33.8 Å². The Balaban J connectivity index is 2.57. The van der Waals surface area contributed by atoms with Crippen LogP contribution in [0.4, 0.5) is 4.39 Å². The molecule has 18 heavy (non-hydrogen) atoms. The van der Waals surface area contributed by atoms with Crippen LogP contribution < -0.4 is 5.32 Å². The molecule has 1 N–H and O–H groups in total. The number of nitrogens with one attached hydrogen (secondary N) is 1. The van der Waals surface area contributed by atoms with E-state index >= 15 is 0 Å². The molecule has 2 nitrogen and oxygen atoms in total. The minimum Gasteiger partial charge on any atom is -0.376 e. The van der Waals surface area contributed by atoms with E-state index in [0.29, 0.717) is 30.7 Å². The van der Waals surface area contributed by atoms with Crippen LogP contribution in [0.15, 0.2) is 18.2 Å². The molecule has 0 radical (unpaired) electrons.